The van der Waals surface area contributed by atoms with Crippen LogP contribution in [-0.4, -0.2) is 27.7 Å². The first-order valence-corrected chi connectivity index (χ1v) is 10.1. The van der Waals surface area contributed by atoms with Gasteiger partial charge in [0.2, 0.25) is 5.91 Å². The molecule has 2 aromatic rings. The van der Waals surface area contributed by atoms with Gasteiger partial charge in [-0.15, -0.1) is 11.3 Å². The Balaban J connectivity index is 2.02. The maximum absolute atomic E-state index is 12.3. The first kappa shape index (κ1) is 19.8. The van der Waals surface area contributed by atoms with Gasteiger partial charge in [-0.05, 0) is 30.0 Å². The highest BCUT2D eigenvalue weighted by molar-refractivity contribution is 8.01. The fourth-order valence-electron chi connectivity index (χ4n) is 2.36. The Morgan fingerprint density at radius 2 is 2.08 bits per heavy atom. The molecule has 5 nitrogen and oxygen atoms in total. The third-order valence-electron chi connectivity index (χ3n) is 3.53. The average Bonchev–Trinajstić information content (AvgIpc) is 3.00. The topological polar surface area (TPSA) is 79.3 Å². The number of carbonyl (C=O) groups excluding carboxylic acids is 1. The molecule has 0 aliphatic carbocycles. The van der Waals surface area contributed by atoms with E-state index in [9.17, 15) is 9.59 Å². The minimum absolute atomic E-state index is 0.106. The van der Waals surface area contributed by atoms with Gasteiger partial charge in [-0.3, -0.25) is 9.59 Å². The second kappa shape index (κ2) is 9.22. The van der Waals surface area contributed by atoms with Crippen LogP contribution in [0.5, 0.6) is 0 Å². The molecule has 0 saturated carbocycles. The van der Waals surface area contributed by atoms with Crippen molar-refractivity contribution in [2.24, 2.45) is 0 Å². The smallest absolute Gasteiger partial charge is 0.309 e. The largest absolute Gasteiger partial charge is 0.481 e. The van der Waals surface area contributed by atoms with Crippen molar-refractivity contribution in [3.05, 3.63) is 39.4 Å². The van der Waals surface area contributed by atoms with Gasteiger partial charge in [0.1, 0.15) is 0 Å². The van der Waals surface area contributed by atoms with Crippen LogP contribution in [0.25, 0.3) is 0 Å². The summed E-state index contributed by atoms with van der Waals surface area (Å²) in [5, 5.41) is 14.1. The third kappa shape index (κ3) is 5.45. The van der Waals surface area contributed by atoms with Crippen LogP contribution in [0.1, 0.15) is 30.7 Å². The summed E-state index contributed by atoms with van der Waals surface area (Å²) in [6.07, 6.45) is 1.43. The first-order valence-electron chi connectivity index (χ1n) is 7.83. The SMILES string of the molecule is CCc1ccc(Cl)c(CC)c1NC(=O)CSc1nc(CC(=O)O)cs1. The summed E-state index contributed by atoms with van der Waals surface area (Å²) in [7, 11) is 0. The quantitative estimate of drug-likeness (QED) is 0.649. The van der Waals surface area contributed by atoms with E-state index in [0.29, 0.717) is 15.1 Å². The van der Waals surface area contributed by atoms with Crippen LogP contribution < -0.4 is 5.32 Å². The number of aromatic nitrogens is 1. The summed E-state index contributed by atoms with van der Waals surface area (Å²) >= 11 is 8.89. The number of rotatable bonds is 8. The molecule has 2 rings (SSSR count). The van der Waals surface area contributed by atoms with E-state index < -0.39 is 5.97 Å². The van der Waals surface area contributed by atoms with Crippen LogP contribution in [0.4, 0.5) is 5.69 Å². The molecule has 0 unspecified atom stereocenters. The number of benzene rings is 1. The summed E-state index contributed by atoms with van der Waals surface area (Å²) < 4.78 is 0.684. The molecule has 1 heterocycles. The third-order valence-corrected chi connectivity index (χ3v) is 5.95. The molecule has 0 atom stereocenters. The van der Waals surface area contributed by atoms with Gasteiger partial charge >= 0.3 is 5.97 Å². The fraction of sp³-hybridized carbons (Fsp3) is 0.353. The van der Waals surface area contributed by atoms with E-state index in [1.54, 1.807) is 5.38 Å². The molecule has 1 aromatic carbocycles. The number of nitrogens with zero attached hydrogens (tertiary/aromatic N) is 1. The zero-order valence-corrected chi connectivity index (χ0v) is 16.4. The number of carboxylic acids is 1. The van der Waals surface area contributed by atoms with Gasteiger partial charge in [-0.25, -0.2) is 4.98 Å². The number of halogens is 1. The Morgan fingerprint density at radius 3 is 2.72 bits per heavy atom. The normalized spacial score (nSPS) is 10.7. The van der Waals surface area contributed by atoms with Crippen molar-refractivity contribution in [2.45, 2.75) is 37.4 Å². The number of amides is 1. The number of nitrogens with one attached hydrogen (secondary N) is 1. The molecule has 134 valence electrons. The Kier molecular flexibility index (Phi) is 7.28. The molecular weight excluding hydrogens is 380 g/mol. The molecule has 1 aromatic heterocycles. The Morgan fingerprint density at radius 1 is 1.32 bits per heavy atom. The summed E-state index contributed by atoms with van der Waals surface area (Å²) in [4.78, 5) is 27.2. The van der Waals surface area contributed by atoms with Crippen molar-refractivity contribution in [3.63, 3.8) is 0 Å². The van der Waals surface area contributed by atoms with Gasteiger partial charge in [0.05, 0.1) is 17.9 Å². The molecule has 25 heavy (non-hydrogen) atoms. The summed E-state index contributed by atoms with van der Waals surface area (Å²) in [6.45, 7) is 4.04. The van der Waals surface area contributed by atoms with Crippen molar-refractivity contribution in [1.82, 2.24) is 4.98 Å². The van der Waals surface area contributed by atoms with E-state index in [1.807, 2.05) is 26.0 Å². The lowest BCUT2D eigenvalue weighted by molar-refractivity contribution is -0.136. The number of aryl methyl sites for hydroxylation is 1. The molecule has 0 fully saturated rings. The molecule has 1 amide bonds. The van der Waals surface area contributed by atoms with E-state index in [1.165, 1.54) is 23.1 Å². The van der Waals surface area contributed by atoms with Gasteiger partial charge in [0.15, 0.2) is 4.34 Å². The molecule has 2 N–H and O–H groups in total. The monoisotopic (exact) mass is 398 g/mol. The van der Waals surface area contributed by atoms with Crippen LogP contribution >= 0.6 is 34.7 Å². The van der Waals surface area contributed by atoms with Crippen LogP contribution in [-0.2, 0) is 28.9 Å². The molecule has 0 bridgehead atoms. The standard InChI is InChI=1S/C17H19ClN2O3S2/c1-3-10-5-6-13(18)12(4-2)16(10)20-14(21)9-25-17-19-11(8-24-17)7-15(22)23/h5-6,8H,3-4,7,9H2,1-2H3,(H,20,21)(H,22,23). The van der Waals surface area contributed by atoms with Crippen molar-refractivity contribution in [3.8, 4) is 0 Å². The molecule has 0 aliphatic rings. The molecule has 8 heteroatoms. The van der Waals surface area contributed by atoms with E-state index in [-0.39, 0.29) is 18.1 Å². The van der Waals surface area contributed by atoms with Crippen LogP contribution in [0.15, 0.2) is 21.9 Å². The van der Waals surface area contributed by atoms with Crippen molar-refractivity contribution in [1.29, 1.82) is 0 Å². The average molecular weight is 399 g/mol. The Bertz CT molecular complexity index is 777. The first-order chi connectivity index (χ1) is 11.9. The van der Waals surface area contributed by atoms with Crippen molar-refractivity contribution in [2.75, 3.05) is 11.1 Å². The van der Waals surface area contributed by atoms with Crippen molar-refractivity contribution >= 4 is 52.3 Å². The lowest BCUT2D eigenvalue weighted by Gasteiger charge is -2.15. The van der Waals surface area contributed by atoms with Gasteiger partial charge in [0, 0.05) is 16.1 Å². The van der Waals surface area contributed by atoms with Gasteiger partial charge < -0.3 is 10.4 Å². The number of carboxylic acid groups (broad SMARTS) is 1. The Hall–Kier alpha value is -1.57. The van der Waals surface area contributed by atoms with Crippen molar-refractivity contribution < 1.29 is 14.7 Å². The van der Waals surface area contributed by atoms with E-state index in [2.05, 4.69) is 10.3 Å². The molecular formula is C17H19ClN2O3S2. The maximum Gasteiger partial charge on any atom is 0.309 e. The van der Waals surface area contributed by atoms with E-state index in [4.69, 9.17) is 16.7 Å². The highest BCUT2D eigenvalue weighted by Gasteiger charge is 2.14. The van der Waals surface area contributed by atoms with Crippen LogP contribution in [0.3, 0.4) is 0 Å². The molecule has 0 aliphatic heterocycles. The zero-order chi connectivity index (χ0) is 18.4. The highest BCUT2D eigenvalue weighted by atomic mass is 35.5. The Labute approximate surface area is 159 Å². The van der Waals surface area contributed by atoms with Crippen LogP contribution in [0, 0.1) is 0 Å². The van der Waals surface area contributed by atoms with E-state index >= 15 is 0 Å². The number of thiazole rings is 1. The lowest BCUT2D eigenvalue weighted by atomic mass is 10.0. The number of carbonyl (C=O) groups is 2. The highest BCUT2D eigenvalue weighted by Crippen LogP contribution is 2.30. The number of aliphatic carboxylic acids is 1. The second-order valence-corrected chi connectivity index (χ2v) is 7.77. The van der Waals surface area contributed by atoms with Gasteiger partial charge in [0.25, 0.3) is 0 Å². The second-order valence-electron chi connectivity index (χ2n) is 5.28. The lowest BCUT2D eigenvalue weighted by Crippen LogP contribution is -2.17. The number of thioether (sulfide) groups is 1. The number of hydrogen-bond acceptors (Lipinski definition) is 5. The summed E-state index contributed by atoms with van der Waals surface area (Å²) in [5.74, 6) is -0.842. The van der Waals surface area contributed by atoms with Crippen LogP contribution in [0.2, 0.25) is 5.02 Å². The van der Waals surface area contributed by atoms with Gasteiger partial charge in [-0.2, -0.15) is 0 Å². The maximum atomic E-state index is 12.3. The molecule has 0 saturated heterocycles. The minimum atomic E-state index is -0.917. The summed E-state index contributed by atoms with van der Waals surface area (Å²) in [5.41, 5.74) is 3.31. The predicted octanol–water partition coefficient (Wildman–Crippen LogP) is 4.28. The molecule has 0 radical (unpaired) electrons. The number of anilines is 1. The van der Waals surface area contributed by atoms with Gasteiger partial charge in [-0.1, -0.05) is 43.3 Å². The zero-order valence-electron chi connectivity index (χ0n) is 14.0. The molecule has 0 spiro atoms. The van der Waals surface area contributed by atoms with E-state index in [0.717, 1.165) is 29.7 Å². The fourth-order valence-corrected chi connectivity index (χ4v) is 4.30. The minimum Gasteiger partial charge on any atom is -0.481 e. The number of hydrogen-bond donors (Lipinski definition) is 2. The summed E-state index contributed by atoms with van der Waals surface area (Å²) in [6, 6.07) is 3.80. The predicted molar refractivity (Wildman–Crippen MR) is 103 cm³/mol.